The first-order valence-corrected chi connectivity index (χ1v) is 10.9. The Labute approximate surface area is 173 Å². The van der Waals surface area contributed by atoms with E-state index in [2.05, 4.69) is 0 Å². The second kappa shape index (κ2) is 8.27. The number of rotatable bonds is 5. The van der Waals surface area contributed by atoms with Crippen LogP contribution in [-0.2, 0) is 20.7 Å². The van der Waals surface area contributed by atoms with Crippen molar-refractivity contribution in [2.75, 3.05) is 13.2 Å². The van der Waals surface area contributed by atoms with Gasteiger partial charge in [-0.3, -0.25) is 9.59 Å². The number of aryl methyl sites for hydroxylation is 1. The average Bonchev–Trinajstić information content (AvgIpc) is 3.23. The van der Waals surface area contributed by atoms with Crippen molar-refractivity contribution >= 4 is 34.5 Å². The summed E-state index contributed by atoms with van der Waals surface area (Å²) in [5.41, 5.74) is 2.24. The molecule has 146 valence electrons. The van der Waals surface area contributed by atoms with E-state index in [-0.39, 0.29) is 11.6 Å². The number of aromatic nitrogens is 1. The quantitative estimate of drug-likeness (QED) is 0.644. The van der Waals surface area contributed by atoms with E-state index in [0.717, 1.165) is 47.9 Å². The predicted molar refractivity (Wildman–Crippen MR) is 111 cm³/mol. The van der Waals surface area contributed by atoms with E-state index in [0.29, 0.717) is 28.6 Å². The SMILES string of the molecule is CCc1sc(-c2ccc(Cl)cc2)nc1C1C(=O)C=C(CC2CCOCC2)C1=O. The van der Waals surface area contributed by atoms with Gasteiger partial charge in [0.25, 0.3) is 0 Å². The first-order valence-electron chi connectivity index (χ1n) is 9.68. The molecule has 1 unspecified atom stereocenters. The Bertz CT molecular complexity index is 926. The Morgan fingerprint density at radius 1 is 1.18 bits per heavy atom. The lowest BCUT2D eigenvalue weighted by Crippen LogP contribution is -2.20. The predicted octanol–water partition coefficient (Wildman–Crippen LogP) is 5.00. The molecule has 0 N–H and O–H groups in total. The largest absolute Gasteiger partial charge is 0.381 e. The Morgan fingerprint density at radius 3 is 2.57 bits per heavy atom. The van der Waals surface area contributed by atoms with E-state index >= 15 is 0 Å². The summed E-state index contributed by atoms with van der Waals surface area (Å²) < 4.78 is 5.40. The van der Waals surface area contributed by atoms with Gasteiger partial charge < -0.3 is 4.74 Å². The van der Waals surface area contributed by atoms with Crippen LogP contribution >= 0.6 is 22.9 Å². The standard InChI is InChI=1S/C22H22ClNO3S/c1-2-18-20(24-22(28-18)14-3-5-16(23)6-4-14)19-17(25)12-15(21(19)26)11-13-7-9-27-10-8-13/h3-6,12-13,19H,2,7-11H2,1H3. The van der Waals surface area contributed by atoms with Crippen molar-refractivity contribution in [2.45, 2.75) is 38.5 Å². The molecule has 1 fully saturated rings. The lowest BCUT2D eigenvalue weighted by Gasteiger charge is -2.22. The highest BCUT2D eigenvalue weighted by Gasteiger charge is 2.39. The lowest BCUT2D eigenvalue weighted by atomic mass is 9.89. The summed E-state index contributed by atoms with van der Waals surface area (Å²) in [5, 5.41) is 1.49. The second-order valence-electron chi connectivity index (χ2n) is 7.32. The Kier molecular flexibility index (Phi) is 5.76. The number of carbonyl (C=O) groups excluding carboxylic acids is 2. The van der Waals surface area contributed by atoms with Gasteiger partial charge in [0, 0.05) is 34.3 Å². The van der Waals surface area contributed by atoms with Crippen molar-refractivity contribution in [3.63, 3.8) is 0 Å². The number of ketones is 2. The fourth-order valence-corrected chi connectivity index (χ4v) is 5.05. The molecule has 1 aliphatic carbocycles. The van der Waals surface area contributed by atoms with Gasteiger partial charge in [0.2, 0.25) is 0 Å². The van der Waals surface area contributed by atoms with E-state index in [1.807, 2.05) is 31.2 Å². The first kappa shape index (κ1) is 19.5. The number of hydrogen-bond donors (Lipinski definition) is 0. The molecule has 0 amide bonds. The van der Waals surface area contributed by atoms with Gasteiger partial charge >= 0.3 is 0 Å². The third kappa shape index (κ3) is 3.84. The van der Waals surface area contributed by atoms with Gasteiger partial charge in [-0.1, -0.05) is 30.7 Å². The zero-order valence-electron chi connectivity index (χ0n) is 15.7. The van der Waals surface area contributed by atoms with Crippen LogP contribution in [-0.4, -0.2) is 29.8 Å². The Morgan fingerprint density at radius 2 is 1.89 bits per heavy atom. The van der Waals surface area contributed by atoms with Crippen LogP contribution in [0.3, 0.4) is 0 Å². The van der Waals surface area contributed by atoms with Gasteiger partial charge in [-0.05, 0) is 49.8 Å². The van der Waals surface area contributed by atoms with Crippen molar-refractivity contribution in [1.29, 1.82) is 0 Å². The number of nitrogens with zero attached hydrogens (tertiary/aromatic N) is 1. The fourth-order valence-electron chi connectivity index (χ4n) is 3.88. The van der Waals surface area contributed by atoms with Gasteiger partial charge in [-0.2, -0.15) is 0 Å². The molecule has 0 saturated carbocycles. The summed E-state index contributed by atoms with van der Waals surface area (Å²) in [6, 6.07) is 7.47. The van der Waals surface area contributed by atoms with E-state index in [4.69, 9.17) is 21.3 Å². The molecule has 1 atom stereocenters. The number of Topliss-reactive ketones (excluding diaryl/α,β-unsaturated/α-hetero) is 1. The first-order chi connectivity index (χ1) is 13.6. The van der Waals surface area contributed by atoms with Crippen LogP contribution in [0.2, 0.25) is 5.02 Å². The smallest absolute Gasteiger partial charge is 0.175 e. The highest BCUT2D eigenvalue weighted by atomic mass is 35.5. The highest BCUT2D eigenvalue weighted by Crippen LogP contribution is 2.38. The molecule has 4 rings (SSSR count). The molecule has 1 aromatic heterocycles. The summed E-state index contributed by atoms with van der Waals surface area (Å²) >= 11 is 7.53. The summed E-state index contributed by atoms with van der Waals surface area (Å²) in [7, 11) is 0. The van der Waals surface area contributed by atoms with Gasteiger partial charge in [-0.15, -0.1) is 11.3 Å². The van der Waals surface area contributed by atoms with Crippen molar-refractivity contribution in [1.82, 2.24) is 4.98 Å². The van der Waals surface area contributed by atoms with Crippen molar-refractivity contribution in [3.05, 3.63) is 51.5 Å². The average molecular weight is 416 g/mol. The summed E-state index contributed by atoms with van der Waals surface area (Å²) in [4.78, 5) is 31.5. The van der Waals surface area contributed by atoms with Gasteiger partial charge in [-0.25, -0.2) is 4.98 Å². The molecule has 0 radical (unpaired) electrons. The van der Waals surface area contributed by atoms with E-state index in [1.54, 1.807) is 17.4 Å². The maximum absolute atomic E-state index is 13.1. The van der Waals surface area contributed by atoms with Crippen molar-refractivity contribution in [3.8, 4) is 10.6 Å². The van der Waals surface area contributed by atoms with E-state index in [9.17, 15) is 9.59 Å². The number of allylic oxidation sites excluding steroid dienone is 2. The van der Waals surface area contributed by atoms with E-state index < -0.39 is 5.92 Å². The molecule has 1 aromatic carbocycles. The molecular weight excluding hydrogens is 394 g/mol. The van der Waals surface area contributed by atoms with Crippen LogP contribution in [0.25, 0.3) is 10.6 Å². The lowest BCUT2D eigenvalue weighted by molar-refractivity contribution is -0.123. The Balaban J connectivity index is 1.59. The van der Waals surface area contributed by atoms with Crippen LogP contribution in [0.15, 0.2) is 35.9 Å². The molecule has 1 saturated heterocycles. The topological polar surface area (TPSA) is 56.3 Å². The minimum Gasteiger partial charge on any atom is -0.381 e. The minimum absolute atomic E-state index is 0.0702. The zero-order chi connectivity index (χ0) is 19.7. The second-order valence-corrected chi connectivity index (χ2v) is 8.84. The number of halogens is 1. The molecule has 2 aromatic rings. The van der Waals surface area contributed by atoms with Crippen molar-refractivity contribution < 1.29 is 14.3 Å². The van der Waals surface area contributed by atoms with Crippen LogP contribution in [0.1, 0.15) is 42.7 Å². The molecule has 1 aliphatic heterocycles. The van der Waals surface area contributed by atoms with Gasteiger partial charge in [0.1, 0.15) is 10.9 Å². The van der Waals surface area contributed by atoms with Crippen LogP contribution < -0.4 is 0 Å². The minimum atomic E-state index is -0.776. The normalized spacial score (nSPS) is 20.6. The molecule has 2 aliphatic rings. The Hall–Kier alpha value is -1.82. The van der Waals surface area contributed by atoms with Crippen LogP contribution in [0.4, 0.5) is 0 Å². The number of benzene rings is 1. The third-order valence-corrected chi connectivity index (χ3v) is 6.96. The molecule has 0 bridgehead atoms. The maximum atomic E-state index is 13.1. The summed E-state index contributed by atoms with van der Waals surface area (Å²) in [6.45, 7) is 3.50. The number of thiazole rings is 1. The molecule has 6 heteroatoms. The molecule has 28 heavy (non-hydrogen) atoms. The monoisotopic (exact) mass is 415 g/mol. The molecule has 4 nitrogen and oxygen atoms in total. The summed E-state index contributed by atoms with van der Waals surface area (Å²) in [6.07, 6.45) is 4.86. The number of carbonyl (C=O) groups is 2. The molecule has 0 spiro atoms. The van der Waals surface area contributed by atoms with Crippen molar-refractivity contribution in [2.24, 2.45) is 5.92 Å². The number of hydrogen-bond acceptors (Lipinski definition) is 5. The van der Waals surface area contributed by atoms with E-state index in [1.165, 1.54) is 0 Å². The number of ether oxygens (including phenoxy) is 1. The highest BCUT2D eigenvalue weighted by molar-refractivity contribution is 7.15. The van der Waals surface area contributed by atoms with Crippen LogP contribution in [0.5, 0.6) is 0 Å². The molecule has 2 heterocycles. The van der Waals surface area contributed by atoms with Gasteiger partial charge in [0.05, 0.1) is 5.69 Å². The fraction of sp³-hybridized carbons (Fsp3) is 0.409. The zero-order valence-corrected chi connectivity index (χ0v) is 17.3. The molecular formula is C22H22ClNO3S. The maximum Gasteiger partial charge on any atom is 0.175 e. The van der Waals surface area contributed by atoms with Crippen LogP contribution in [0, 0.1) is 5.92 Å². The summed E-state index contributed by atoms with van der Waals surface area (Å²) in [5.74, 6) is -0.558. The third-order valence-electron chi connectivity index (χ3n) is 5.44. The van der Waals surface area contributed by atoms with Gasteiger partial charge in [0.15, 0.2) is 11.6 Å².